The summed E-state index contributed by atoms with van der Waals surface area (Å²) in [5, 5.41) is 21.3. The number of carbonyl (C=O) groups is 1. The number of nitrogens with zero attached hydrogens (tertiary/aromatic N) is 1. The highest BCUT2D eigenvalue weighted by Crippen LogP contribution is 2.54. The average Bonchev–Trinajstić information content (AvgIpc) is 3.00. The normalized spacial score (nSPS) is 32.5. The minimum Gasteiger partial charge on any atom is -0.478 e. The van der Waals surface area contributed by atoms with Gasteiger partial charge in [0.25, 0.3) is 0 Å². The van der Waals surface area contributed by atoms with Gasteiger partial charge in [-0.05, 0) is 12.1 Å². The van der Waals surface area contributed by atoms with Crippen LogP contribution >= 0.6 is 0 Å². The number of oxime groups is 1. The quantitative estimate of drug-likeness (QED) is 0.547. The molecule has 3 rings (SSSR count). The van der Waals surface area contributed by atoms with Crippen molar-refractivity contribution in [1.29, 1.82) is 0 Å². The molecule has 1 aromatic rings. The summed E-state index contributed by atoms with van der Waals surface area (Å²) in [5.41, 5.74) is -0.135. The molecule has 1 aliphatic carbocycles. The lowest BCUT2D eigenvalue weighted by Gasteiger charge is -2.23. The van der Waals surface area contributed by atoms with Crippen molar-refractivity contribution >= 4 is 11.7 Å². The van der Waals surface area contributed by atoms with Gasteiger partial charge in [-0.3, -0.25) is 0 Å². The maximum atomic E-state index is 11.1. The third-order valence-electron chi connectivity index (χ3n) is 3.17. The van der Waals surface area contributed by atoms with E-state index in [0.29, 0.717) is 23.4 Å². The Morgan fingerprint density at radius 2 is 2.25 bits per heavy atom. The molecule has 1 fully saturated rings. The largest absolute Gasteiger partial charge is 0.478 e. The van der Waals surface area contributed by atoms with Gasteiger partial charge < -0.3 is 15.1 Å². The molecule has 0 aromatic heterocycles. The Bertz CT molecular complexity index is 510. The number of hydrogen-bond acceptors (Lipinski definition) is 4. The van der Waals surface area contributed by atoms with Gasteiger partial charge in [-0.2, -0.15) is 0 Å². The molecule has 82 valence electrons. The maximum Gasteiger partial charge on any atom is 0.348 e. The van der Waals surface area contributed by atoms with Gasteiger partial charge in [0.15, 0.2) is 0 Å². The van der Waals surface area contributed by atoms with Crippen molar-refractivity contribution in [2.75, 3.05) is 0 Å². The SMILES string of the molecule is O=C(O)[C@@]12C[C@@H]1/C(=N\O)c1ccccc1O2. The van der Waals surface area contributed by atoms with Crippen molar-refractivity contribution < 1.29 is 19.8 Å². The molecule has 16 heavy (non-hydrogen) atoms. The van der Waals surface area contributed by atoms with E-state index in [4.69, 9.17) is 15.1 Å². The van der Waals surface area contributed by atoms with Crippen LogP contribution in [0, 0.1) is 5.92 Å². The third-order valence-corrected chi connectivity index (χ3v) is 3.17. The van der Waals surface area contributed by atoms with Crippen molar-refractivity contribution in [3.8, 4) is 5.75 Å². The van der Waals surface area contributed by atoms with Crippen LogP contribution in [0.25, 0.3) is 0 Å². The van der Waals surface area contributed by atoms with E-state index in [1.54, 1.807) is 24.3 Å². The lowest BCUT2D eigenvalue weighted by molar-refractivity contribution is -0.147. The standard InChI is InChI=1S/C11H9NO4/c13-10(14)11-5-7(11)9(12-15)6-3-1-2-4-8(6)16-11/h1-4,7,15H,5H2,(H,13,14)/b12-9-/t7-,11-/m1/s1. The van der Waals surface area contributed by atoms with E-state index in [2.05, 4.69) is 5.16 Å². The van der Waals surface area contributed by atoms with Crippen LogP contribution in [0.15, 0.2) is 29.4 Å². The fraction of sp³-hybridized carbons (Fsp3) is 0.273. The van der Waals surface area contributed by atoms with Crippen LogP contribution in [0.4, 0.5) is 0 Å². The molecule has 2 N–H and O–H groups in total. The van der Waals surface area contributed by atoms with E-state index >= 15 is 0 Å². The number of aliphatic carboxylic acids is 1. The highest BCUT2D eigenvalue weighted by molar-refractivity contribution is 6.11. The Morgan fingerprint density at radius 3 is 2.94 bits per heavy atom. The van der Waals surface area contributed by atoms with Gasteiger partial charge in [0.1, 0.15) is 5.75 Å². The molecule has 1 heterocycles. The van der Waals surface area contributed by atoms with Gasteiger partial charge in [0, 0.05) is 12.0 Å². The summed E-state index contributed by atoms with van der Waals surface area (Å²) in [6.45, 7) is 0. The second kappa shape index (κ2) is 2.75. The second-order valence-electron chi connectivity index (χ2n) is 4.03. The summed E-state index contributed by atoms with van der Waals surface area (Å²) in [6.07, 6.45) is 0.358. The monoisotopic (exact) mass is 219 g/mol. The molecule has 0 saturated heterocycles. The minimum absolute atomic E-state index is 0.343. The second-order valence-corrected chi connectivity index (χ2v) is 4.03. The number of carboxylic acids is 1. The van der Waals surface area contributed by atoms with Gasteiger partial charge in [0.05, 0.1) is 11.6 Å². The fourth-order valence-corrected chi connectivity index (χ4v) is 2.23. The van der Waals surface area contributed by atoms with Crippen LogP contribution < -0.4 is 4.74 Å². The van der Waals surface area contributed by atoms with E-state index in [1.807, 2.05) is 0 Å². The molecule has 1 aromatic carbocycles. The van der Waals surface area contributed by atoms with Crippen molar-refractivity contribution in [3.63, 3.8) is 0 Å². The van der Waals surface area contributed by atoms with Crippen molar-refractivity contribution in [2.45, 2.75) is 12.0 Å². The van der Waals surface area contributed by atoms with Crippen LogP contribution in [0.5, 0.6) is 5.75 Å². The summed E-state index contributed by atoms with van der Waals surface area (Å²) in [5.74, 6) is -0.885. The molecular weight excluding hydrogens is 210 g/mol. The van der Waals surface area contributed by atoms with Gasteiger partial charge in [-0.15, -0.1) is 0 Å². The highest BCUT2D eigenvalue weighted by atomic mass is 16.5. The summed E-state index contributed by atoms with van der Waals surface area (Å²) < 4.78 is 5.50. The van der Waals surface area contributed by atoms with E-state index in [9.17, 15) is 4.79 Å². The zero-order valence-corrected chi connectivity index (χ0v) is 8.25. The summed E-state index contributed by atoms with van der Waals surface area (Å²) in [4.78, 5) is 11.1. The first-order valence-corrected chi connectivity index (χ1v) is 4.93. The maximum absolute atomic E-state index is 11.1. The highest BCUT2D eigenvalue weighted by Gasteiger charge is 2.68. The molecule has 0 bridgehead atoms. The Kier molecular flexibility index (Phi) is 1.58. The lowest BCUT2D eigenvalue weighted by atomic mass is 10.00. The first-order valence-electron chi connectivity index (χ1n) is 4.93. The Balaban J connectivity index is 2.15. The topological polar surface area (TPSA) is 79.1 Å². The number of hydrogen-bond donors (Lipinski definition) is 2. The molecule has 5 nitrogen and oxygen atoms in total. The number of ether oxygens (including phenoxy) is 1. The molecular formula is C11H9NO4. The molecule has 1 aliphatic heterocycles. The molecule has 2 atom stereocenters. The van der Waals surface area contributed by atoms with Crippen LogP contribution in [0.3, 0.4) is 0 Å². The molecule has 0 unspecified atom stereocenters. The molecule has 0 amide bonds. The van der Waals surface area contributed by atoms with E-state index in [1.165, 1.54) is 0 Å². The summed E-state index contributed by atoms with van der Waals surface area (Å²) >= 11 is 0. The van der Waals surface area contributed by atoms with Crippen molar-refractivity contribution in [3.05, 3.63) is 29.8 Å². The lowest BCUT2D eigenvalue weighted by Crippen LogP contribution is -2.37. The number of rotatable bonds is 1. The van der Waals surface area contributed by atoms with Crippen LogP contribution in [-0.2, 0) is 4.79 Å². The van der Waals surface area contributed by atoms with Gasteiger partial charge in [-0.25, -0.2) is 4.79 Å². The van der Waals surface area contributed by atoms with Gasteiger partial charge in [-0.1, -0.05) is 17.3 Å². The first-order chi connectivity index (χ1) is 7.69. The minimum atomic E-state index is -1.21. The van der Waals surface area contributed by atoms with E-state index < -0.39 is 11.6 Å². The van der Waals surface area contributed by atoms with Gasteiger partial charge >= 0.3 is 5.97 Å². The smallest absolute Gasteiger partial charge is 0.348 e. The fourth-order valence-electron chi connectivity index (χ4n) is 2.23. The summed E-state index contributed by atoms with van der Waals surface area (Å²) in [7, 11) is 0. The number of carboxylic acid groups (broad SMARTS) is 1. The van der Waals surface area contributed by atoms with E-state index in [0.717, 1.165) is 0 Å². The molecule has 1 saturated carbocycles. The predicted molar refractivity (Wildman–Crippen MR) is 53.9 cm³/mol. The number of benzene rings is 1. The number of fused-ring (bicyclic) bond motifs is 2. The zero-order chi connectivity index (χ0) is 11.3. The van der Waals surface area contributed by atoms with Crippen molar-refractivity contribution in [1.82, 2.24) is 0 Å². The Labute approximate surface area is 91.0 Å². The first kappa shape index (κ1) is 9.21. The molecule has 2 aliphatic rings. The summed E-state index contributed by atoms with van der Waals surface area (Å²) in [6, 6.07) is 6.99. The number of para-hydroxylation sites is 1. The van der Waals surface area contributed by atoms with Crippen molar-refractivity contribution in [2.24, 2.45) is 11.1 Å². The van der Waals surface area contributed by atoms with E-state index in [-0.39, 0.29) is 5.92 Å². The molecule has 0 spiro atoms. The Morgan fingerprint density at radius 1 is 1.50 bits per heavy atom. The average molecular weight is 219 g/mol. The molecule has 0 radical (unpaired) electrons. The molecule has 5 heteroatoms. The van der Waals surface area contributed by atoms with Gasteiger partial charge in [0.2, 0.25) is 5.60 Å². The van der Waals surface area contributed by atoms with Crippen LogP contribution in [0.2, 0.25) is 0 Å². The third kappa shape index (κ3) is 0.946. The van der Waals surface area contributed by atoms with Crippen LogP contribution in [0.1, 0.15) is 12.0 Å². The van der Waals surface area contributed by atoms with Crippen LogP contribution in [-0.4, -0.2) is 27.6 Å². The zero-order valence-electron chi connectivity index (χ0n) is 8.25. The predicted octanol–water partition coefficient (Wildman–Crippen LogP) is 1.10. The Hall–Kier alpha value is -2.04.